The Kier molecular flexibility index (Phi) is 11.1. The molecule has 0 spiro atoms. The lowest BCUT2D eigenvalue weighted by Crippen LogP contribution is -2.07. The molecule has 0 aliphatic carbocycles. The molecule has 0 saturated heterocycles. The molecule has 6 heterocycles. The first-order chi connectivity index (χ1) is 43.6. The molecule has 0 atom stereocenters. The summed E-state index contributed by atoms with van der Waals surface area (Å²) in [5.41, 5.74) is 18.8. The maximum Gasteiger partial charge on any atom is 0.237 e. The molecule has 8 nitrogen and oxygen atoms in total. The Morgan fingerprint density at radius 1 is 0.170 bits per heavy atom. The highest BCUT2D eigenvalue weighted by molar-refractivity contribution is 6.12. The highest BCUT2D eigenvalue weighted by Crippen LogP contribution is 2.40. The van der Waals surface area contributed by atoms with E-state index in [0.29, 0.717) is 11.9 Å². The number of para-hydroxylation sites is 8. The monoisotopic (exact) mass is 1120 g/mol. The summed E-state index contributed by atoms with van der Waals surface area (Å²) in [4.78, 5) is 21.9. The molecule has 0 radical (unpaired) electrons. The van der Waals surface area contributed by atoms with E-state index in [0.717, 1.165) is 133 Å². The lowest BCUT2D eigenvalue weighted by molar-refractivity contribution is 0.951. The highest BCUT2D eigenvalue weighted by Gasteiger charge is 2.22. The Labute approximate surface area is 505 Å². The lowest BCUT2D eigenvalue weighted by Gasteiger charge is -2.15. The average molecular weight is 1120 g/mol. The summed E-state index contributed by atoms with van der Waals surface area (Å²) in [6.45, 7) is 0. The topological polar surface area (TPSA) is 71.3 Å². The number of rotatable bonds is 9. The van der Waals surface area contributed by atoms with Crippen LogP contribution < -0.4 is 0 Å². The van der Waals surface area contributed by atoms with Crippen LogP contribution in [0.15, 0.2) is 303 Å². The first-order valence-corrected chi connectivity index (χ1v) is 29.8. The van der Waals surface area contributed by atoms with Crippen LogP contribution in [0, 0.1) is 0 Å². The summed E-state index contributed by atoms with van der Waals surface area (Å²) in [5, 5.41) is 9.33. The second-order valence-corrected chi connectivity index (χ2v) is 22.6. The molecule has 0 N–H and O–H groups in total. The van der Waals surface area contributed by atoms with E-state index in [4.69, 9.17) is 19.9 Å². The van der Waals surface area contributed by atoms with Crippen molar-refractivity contribution in [2.75, 3.05) is 0 Å². The fourth-order valence-electron chi connectivity index (χ4n) is 13.6. The molecule has 410 valence electrons. The van der Waals surface area contributed by atoms with E-state index in [-0.39, 0.29) is 0 Å². The molecule has 12 aromatic carbocycles. The normalized spacial score (nSPS) is 11.9. The molecular weight excluding hydrogens is 1070 g/mol. The van der Waals surface area contributed by atoms with Gasteiger partial charge in [-0.3, -0.25) is 18.3 Å². The Morgan fingerprint density at radius 2 is 0.398 bits per heavy atom. The van der Waals surface area contributed by atoms with Gasteiger partial charge in [-0.25, -0.2) is 9.97 Å². The van der Waals surface area contributed by atoms with Crippen LogP contribution >= 0.6 is 0 Å². The fraction of sp³-hybridized carbons (Fsp3) is 0. The molecule has 18 aromatic rings. The smallest absolute Gasteiger partial charge is 0.237 e. The molecule has 0 bridgehead atoms. The first kappa shape index (κ1) is 49.4. The molecule has 6 aromatic heterocycles. The van der Waals surface area contributed by atoms with Gasteiger partial charge >= 0.3 is 0 Å². The van der Waals surface area contributed by atoms with Gasteiger partial charge in [0.1, 0.15) is 11.6 Å². The molecular formula is C80H50N8. The number of hydrogen-bond acceptors (Lipinski definition) is 4. The summed E-state index contributed by atoms with van der Waals surface area (Å²) in [6, 6.07) is 108. The van der Waals surface area contributed by atoms with Crippen LogP contribution in [0.25, 0.3) is 167 Å². The minimum absolute atomic E-state index is 0.605. The molecule has 0 fully saturated rings. The molecule has 0 aliphatic heterocycles. The van der Waals surface area contributed by atoms with E-state index in [1.54, 1.807) is 0 Å². The quantitative estimate of drug-likeness (QED) is 0.144. The zero-order chi connectivity index (χ0) is 57.8. The highest BCUT2D eigenvalue weighted by atomic mass is 15.2. The van der Waals surface area contributed by atoms with Crippen LogP contribution in [0.2, 0.25) is 0 Å². The molecule has 0 saturated carbocycles. The van der Waals surface area contributed by atoms with Crippen molar-refractivity contribution < 1.29 is 0 Å². The molecule has 0 aliphatic rings. The van der Waals surface area contributed by atoms with Gasteiger partial charge in [0, 0.05) is 66.3 Å². The number of aromatic nitrogens is 8. The number of hydrogen-bond donors (Lipinski definition) is 0. The number of benzene rings is 12. The summed E-state index contributed by atoms with van der Waals surface area (Å²) in [6.07, 6.45) is 0. The van der Waals surface area contributed by atoms with E-state index >= 15 is 0 Å². The molecule has 0 amide bonds. The zero-order valence-corrected chi connectivity index (χ0v) is 47.4. The van der Waals surface area contributed by atoms with Crippen LogP contribution in [-0.4, -0.2) is 38.2 Å². The van der Waals surface area contributed by atoms with Gasteiger partial charge in [-0.2, -0.15) is 9.97 Å². The largest absolute Gasteiger partial charge is 0.294 e. The van der Waals surface area contributed by atoms with Crippen LogP contribution in [0.3, 0.4) is 0 Å². The fourth-order valence-corrected chi connectivity index (χ4v) is 13.6. The summed E-state index contributed by atoms with van der Waals surface area (Å²) < 4.78 is 9.00. The van der Waals surface area contributed by atoms with E-state index in [2.05, 4.69) is 322 Å². The van der Waals surface area contributed by atoms with Crippen LogP contribution in [0.1, 0.15) is 0 Å². The van der Waals surface area contributed by atoms with Gasteiger partial charge in [0.15, 0.2) is 0 Å². The second-order valence-electron chi connectivity index (χ2n) is 22.6. The molecule has 8 heteroatoms. The minimum atomic E-state index is 0.605. The Bertz CT molecular complexity index is 4990. The first-order valence-electron chi connectivity index (χ1n) is 29.8. The van der Waals surface area contributed by atoms with Crippen molar-refractivity contribution in [3.63, 3.8) is 0 Å². The van der Waals surface area contributed by atoms with Gasteiger partial charge in [-0.15, -0.1) is 0 Å². The SMILES string of the molecule is c1ccc(-c2cc(-c3ccc(-c4cc(-n5c6ccccc6c6ccccc65)nc(-n5c6ccccc6c6ccccc65)n4)cc3)cc(-c3ccc(-c4cc(-n5c6ccccc6c6ccccc65)nc(-n5c6ccccc6c6ccccc65)n4)cc3)c2)cc1. The third kappa shape index (κ3) is 7.86. The number of fused-ring (bicyclic) bond motifs is 12. The van der Waals surface area contributed by atoms with Crippen molar-refractivity contribution in [3.05, 3.63) is 303 Å². The van der Waals surface area contributed by atoms with Gasteiger partial charge in [0.25, 0.3) is 0 Å². The van der Waals surface area contributed by atoms with E-state index in [9.17, 15) is 0 Å². The standard InChI is InChI=1S/C80H50N8/c1-2-20-51(21-3-1)56-46-57(52-38-42-54(43-39-52)67-49-77(85-69-30-12-4-22-59(69)60-23-5-13-31-70(60)85)83-79(81-67)87-73-34-16-8-26-63(73)64-27-9-17-35-74(64)87)48-58(47-56)53-40-44-55(45-41-53)68-50-78(86-71-32-14-6-24-61(71)62-25-7-15-33-72(62)86)84-80(82-68)88-75-36-18-10-28-65(75)66-29-11-19-37-76(66)88/h1-50H. The van der Waals surface area contributed by atoms with E-state index in [1.165, 1.54) is 21.5 Å². The second kappa shape index (κ2) is 19.8. The van der Waals surface area contributed by atoms with E-state index in [1.807, 2.05) is 0 Å². The summed E-state index contributed by atoms with van der Waals surface area (Å²) >= 11 is 0. The predicted molar refractivity (Wildman–Crippen MR) is 362 cm³/mol. The third-order valence-electron chi connectivity index (χ3n) is 17.6. The summed E-state index contributed by atoms with van der Waals surface area (Å²) in [5.74, 6) is 2.80. The van der Waals surface area contributed by atoms with Crippen molar-refractivity contribution in [3.8, 4) is 79.4 Å². The van der Waals surface area contributed by atoms with Crippen LogP contribution in [-0.2, 0) is 0 Å². The van der Waals surface area contributed by atoms with Gasteiger partial charge < -0.3 is 0 Å². The molecule has 0 unspecified atom stereocenters. The average Bonchev–Trinajstić information content (AvgIpc) is 2.28. The van der Waals surface area contributed by atoms with Crippen molar-refractivity contribution in [1.29, 1.82) is 0 Å². The van der Waals surface area contributed by atoms with Crippen molar-refractivity contribution >= 4 is 87.2 Å². The molecule has 88 heavy (non-hydrogen) atoms. The van der Waals surface area contributed by atoms with Gasteiger partial charge in [-0.1, -0.05) is 224 Å². The Hall–Kier alpha value is -12.0. The van der Waals surface area contributed by atoms with Crippen molar-refractivity contribution in [2.45, 2.75) is 0 Å². The van der Waals surface area contributed by atoms with Crippen LogP contribution in [0.5, 0.6) is 0 Å². The number of nitrogens with zero attached hydrogens (tertiary/aromatic N) is 8. The van der Waals surface area contributed by atoms with Gasteiger partial charge in [0.2, 0.25) is 11.9 Å². The van der Waals surface area contributed by atoms with Crippen molar-refractivity contribution in [2.24, 2.45) is 0 Å². The van der Waals surface area contributed by atoms with Crippen molar-refractivity contribution in [1.82, 2.24) is 38.2 Å². The third-order valence-corrected chi connectivity index (χ3v) is 17.6. The molecule has 18 rings (SSSR count). The Balaban J connectivity index is 0.763. The minimum Gasteiger partial charge on any atom is -0.294 e. The lowest BCUT2D eigenvalue weighted by atomic mass is 9.92. The predicted octanol–water partition coefficient (Wildman–Crippen LogP) is 20.0. The Morgan fingerprint density at radius 3 is 0.682 bits per heavy atom. The van der Waals surface area contributed by atoms with Gasteiger partial charge in [0.05, 0.1) is 55.5 Å². The maximum absolute atomic E-state index is 5.48. The van der Waals surface area contributed by atoms with Gasteiger partial charge in [-0.05, 0) is 100 Å². The zero-order valence-electron chi connectivity index (χ0n) is 47.4. The summed E-state index contributed by atoms with van der Waals surface area (Å²) in [7, 11) is 0. The maximum atomic E-state index is 5.48. The van der Waals surface area contributed by atoms with Crippen LogP contribution in [0.4, 0.5) is 0 Å². The van der Waals surface area contributed by atoms with E-state index < -0.39 is 0 Å².